The Morgan fingerprint density at radius 3 is 2.21 bits per heavy atom. The van der Waals surface area contributed by atoms with Gasteiger partial charge >= 0.3 is 0 Å². The fourth-order valence-corrected chi connectivity index (χ4v) is 2.27. The maximum absolute atomic E-state index is 12.0. The minimum Gasteiger partial charge on any atom is -0.370 e. The molecule has 7 N–H and O–H groups in total. The minimum atomic E-state index is -0.769. The zero-order valence-corrected chi connectivity index (χ0v) is 16.9. The number of rotatable bonds is 11. The van der Waals surface area contributed by atoms with Crippen LogP contribution in [0.5, 0.6) is 0 Å². The molecule has 0 saturated carbocycles. The van der Waals surface area contributed by atoms with Crippen molar-refractivity contribution in [3.8, 4) is 0 Å². The lowest BCUT2D eigenvalue weighted by atomic mass is 10.1. The molecule has 0 saturated heterocycles. The number of primary amides is 2. The summed E-state index contributed by atoms with van der Waals surface area (Å²) in [4.78, 5) is 33.4. The second-order valence-electron chi connectivity index (χ2n) is 6.49. The van der Waals surface area contributed by atoms with Crippen molar-refractivity contribution in [2.75, 3.05) is 5.32 Å². The highest BCUT2D eigenvalue weighted by molar-refractivity contribution is 5.95. The molecular weight excluding hydrogens is 356 g/mol. The Balaban J connectivity index is 0.00000165. The van der Waals surface area contributed by atoms with Gasteiger partial charge in [0.1, 0.15) is 0 Å². The van der Waals surface area contributed by atoms with Gasteiger partial charge in [0.25, 0.3) is 0 Å². The van der Waals surface area contributed by atoms with Gasteiger partial charge in [0.15, 0.2) is 0 Å². The van der Waals surface area contributed by atoms with Crippen LogP contribution in [0.25, 0.3) is 0 Å². The summed E-state index contributed by atoms with van der Waals surface area (Å²) in [5.41, 5.74) is 17.6. The van der Waals surface area contributed by atoms with E-state index in [1.807, 2.05) is 44.2 Å². The first-order valence-electron chi connectivity index (χ1n) is 9.59. The van der Waals surface area contributed by atoms with E-state index in [1.165, 1.54) is 0 Å². The quantitative estimate of drug-likeness (QED) is 0.340. The van der Waals surface area contributed by atoms with Crippen molar-refractivity contribution in [2.45, 2.75) is 64.8 Å². The van der Waals surface area contributed by atoms with Gasteiger partial charge in [-0.25, -0.2) is 0 Å². The highest BCUT2D eigenvalue weighted by atomic mass is 16.2. The third-order valence-electron chi connectivity index (χ3n) is 3.95. The largest absolute Gasteiger partial charge is 0.370 e. The third-order valence-corrected chi connectivity index (χ3v) is 3.95. The normalized spacial score (nSPS) is 11.4. The van der Waals surface area contributed by atoms with Gasteiger partial charge in [0, 0.05) is 18.5 Å². The molecule has 0 aromatic heterocycles. The Kier molecular flexibility index (Phi) is 13.9. The van der Waals surface area contributed by atoms with Gasteiger partial charge in [0.05, 0.1) is 6.04 Å². The van der Waals surface area contributed by atoms with Crippen LogP contribution in [0.3, 0.4) is 0 Å². The van der Waals surface area contributed by atoms with Gasteiger partial charge in [-0.2, -0.15) is 0 Å². The number of hydrogen-bond acceptors (Lipinski definition) is 4. The van der Waals surface area contributed by atoms with Crippen molar-refractivity contribution in [3.63, 3.8) is 0 Å². The number of hydrogen-bond donors (Lipinski definition) is 4. The van der Waals surface area contributed by atoms with Crippen molar-refractivity contribution in [2.24, 2.45) is 17.2 Å². The van der Waals surface area contributed by atoms with E-state index in [0.717, 1.165) is 31.2 Å². The molecule has 7 heteroatoms. The summed E-state index contributed by atoms with van der Waals surface area (Å²) >= 11 is 0. The number of amides is 3. The highest BCUT2D eigenvalue weighted by Crippen LogP contribution is 2.14. The molecule has 1 rings (SSSR count). The Morgan fingerprint density at radius 1 is 1.00 bits per heavy atom. The van der Waals surface area contributed by atoms with Crippen molar-refractivity contribution < 1.29 is 14.4 Å². The molecule has 156 valence electrons. The molecular formula is C21H34N4O3. The summed E-state index contributed by atoms with van der Waals surface area (Å²) in [5, 5.41) is 2.75. The van der Waals surface area contributed by atoms with Gasteiger partial charge in [0.2, 0.25) is 17.7 Å². The predicted octanol–water partition coefficient (Wildman–Crippen LogP) is 2.39. The molecule has 0 radical (unpaired) electrons. The standard InChI is InChI=1S/C17H26N4O3.C4H8/c18-14(9-10-16(20)23)17(24)21-13-7-4-6-12(11-13)5-2-1-3-8-15(19)22;1-3-4-2/h4,6-7,11,14H,1-3,5,8-10,18H2,(H2,19,22)(H2,20,23)(H,21,24);3-4H,1-2H3/b;4-3-. The number of nitrogens with two attached hydrogens (primary N) is 3. The molecule has 1 aromatic rings. The maximum atomic E-state index is 12.0. The smallest absolute Gasteiger partial charge is 0.241 e. The molecule has 28 heavy (non-hydrogen) atoms. The lowest BCUT2D eigenvalue weighted by Crippen LogP contribution is -2.36. The van der Waals surface area contributed by atoms with Crippen LogP contribution in [-0.2, 0) is 20.8 Å². The van der Waals surface area contributed by atoms with Gasteiger partial charge < -0.3 is 22.5 Å². The molecule has 1 aromatic carbocycles. The van der Waals surface area contributed by atoms with E-state index in [0.29, 0.717) is 12.1 Å². The van der Waals surface area contributed by atoms with E-state index in [4.69, 9.17) is 17.2 Å². The van der Waals surface area contributed by atoms with Crippen LogP contribution in [0.4, 0.5) is 5.69 Å². The molecule has 1 unspecified atom stereocenters. The topological polar surface area (TPSA) is 141 Å². The molecule has 3 amide bonds. The summed E-state index contributed by atoms with van der Waals surface area (Å²) < 4.78 is 0. The first-order valence-corrected chi connectivity index (χ1v) is 9.59. The summed E-state index contributed by atoms with van der Waals surface area (Å²) in [6.45, 7) is 4.00. The maximum Gasteiger partial charge on any atom is 0.241 e. The SMILES string of the molecule is C/C=C\C.NC(=O)CCCCCc1cccc(NC(=O)C(N)CCC(N)=O)c1. The van der Waals surface area contributed by atoms with Crippen molar-refractivity contribution in [1.82, 2.24) is 0 Å². The van der Waals surface area contributed by atoms with Crippen LogP contribution >= 0.6 is 0 Å². The molecule has 0 aliphatic carbocycles. The van der Waals surface area contributed by atoms with Gasteiger partial charge in [-0.15, -0.1) is 0 Å². The number of benzene rings is 1. The Bertz CT molecular complexity index is 640. The summed E-state index contributed by atoms with van der Waals surface area (Å²) in [6.07, 6.45) is 8.25. The Hall–Kier alpha value is -2.67. The lowest BCUT2D eigenvalue weighted by molar-refractivity contribution is -0.120. The lowest BCUT2D eigenvalue weighted by Gasteiger charge is -2.12. The number of carbonyl (C=O) groups excluding carboxylic acids is 3. The molecule has 0 aliphatic heterocycles. The number of unbranched alkanes of at least 4 members (excludes halogenated alkanes) is 2. The van der Waals surface area contributed by atoms with Crippen LogP contribution in [0, 0.1) is 0 Å². The molecule has 0 fully saturated rings. The zero-order valence-electron chi connectivity index (χ0n) is 16.9. The highest BCUT2D eigenvalue weighted by Gasteiger charge is 2.14. The number of carbonyl (C=O) groups is 3. The third kappa shape index (κ3) is 13.5. The van der Waals surface area contributed by atoms with Gasteiger partial charge in [-0.05, 0) is 57.2 Å². The molecule has 0 bridgehead atoms. The fourth-order valence-electron chi connectivity index (χ4n) is 2.27. The van der Waals surface area contributed by atoms with E-state index in [2.05, 4.69) is 5.32 Å². The van der Waals surface area contributed by atoms with E-state index < -0.39 is 11.9 Å². The molecule has 7 nitrogen and oxygen atoms in total. The van der Waals surface area contributed by atoms with Crippen LogP contribution in [-0.4, -0.2) is 23.8 Å². The van der Waals surface area contributed by atoms with Crippen molar-refractivity contribution in [1.29, 1.82) is 0 Å². The Morgan fingerprint density at radius 2 is 1.64 bits per heavy atom. The van der Waals surface area contributed by atoms with Crippen LogP contribution in [0.2, 0.25) is 0 Å². The predicted molar refractivity (Wildman–Crippen MR) is 113 cm³/mol. The van der Waals surface area contributed by atoms with Crippen molar-refractivity contribution >= 4 is 23.4 Å². The first-order chi connectivity index (χ1) is 13.3. The fraction of sp³-hybridized carbons (Fsp3) is 0.476. The summed E-state index contributed by atoms with van der Waals surface area (Å²) in [5.74, 6) is -1.08. The average Bonchev–Trinajstić information content (AvgIpc) is 2.66. The molecule has 0 heterocycles. The van der Waals surface area contributed by atoms with Crippen LogP contribution in [0.15, 0.2) is 36.4 Å². The zero-order chi connectivity index (χ0) is 21.4. The molecule has 0 spiro atoms. The summed E-state index contributed by atoms with van der Waals surface area (Å²) in [6, 6.07) is 6.76. The van der Waals surface area contributed by atoms with E-state index in [-0.39, 0.29) is 24.7 Å². The number of anilines is 1. The first kappa shape index (κ1) is 25.3. The molecule has 0 aliphatic rings. The van der Waals surface area contributed by atoms with E-state index in [1.54, 1.807) is 6.07 Å². The monoisotopic (exact) mass is 390 g/mol. The Labute approximate surface area is 167 Å². The number of allylic oxidation sites excluding steroid dienone is 2. The van der Waals surface area contributed by atoms with E-state index in [9.17, 15) is 14.4 Å². The van der Waals surface area contributed by atoms with Crippen LogP contribution in [0.1, 0.15) is 57.9 Å². The second-order valence-corrected chi connectivity index (χ2v) is 6.49. The number of aryl methyl sites for hydroxylation is 1. The summed E-state index contributed by atoms with van der Waals surface area (Å²) in [7, 11) is 0. The van der Waals surface area contributed by atoms with Gasteiger partial charge in [-0.1, -0.05) is 30.7 Å². The second kappa shape index (κ2) is 15.4. The minimum absolute atomic E-state index is 0.0833. The van der Waals surface area contributed by atoms with E-state index >= 15 is 0 Å². The molecule has 1 atom stereocenters. The van der Waals surface area contributed by atoms with Crippen molar-refractivity contribution in [3.05, 3.63) is 42.0 Å². The van der Waals surface area contributed by atoms with Gasteiger partial charge in [-0.3, -0.25) is 14.4 Å². The number of nitrogens with one attached hydrogen (secondary N) is 1. The average molecular weight is 391 g/mol. The van der Waals surface area contributed by atoms with Crippen LogP contribution < -0.4 is 22.5 Å².